The van der Waals surface area contributed by atoms with Gasteiger partial charge in [0.05, 0.1) is 11.4 Å². The Morgan fingerprint density at radius 1 is 0.750 bits per heavy atom. The molecule has 3 rings (SSSR count). The quantitative estimate of drug-likeness (QED) is 0.539. The molecule has 3 aromatic rings. The lowest BCUT2D eigenvalue weighted by Gasteiger charge is -2.26. The second-order valence-electron chi connectivity index (χ2n) is 5.90. The largest absolute Gasteiger partial charge is 0.298 e. The van der Waals surface area contributed by atoms with Crippen molar-refractivity contribution in [2.45, 2.75) is 19.8 Å². The van der Waals surface area contributed by atoms with Crippen LogP contribution in [0.3, 0.4) is 0 Å². The minimum absolute atomic E-state index is 0.982. The molecule has 0 heterocycles. The Labute approximate surface area is 144 Å². The van der Waals surface area contributed by atoms with Crippen molar-refractivity contribution in [2.24, 2.45) is 0 Å². The van der Waals surface area contributed by atoms with Gasteiger partial charge in [-0.25, -0.2) is 0 Å². The highest BCUT2D eigenvalue weighted by Crippen LogP contribution is 2.24. The molecule has 0 aliphatic rings. The summed E-state index contributed by atoms with van der Waals surface area (Å²) in [6.07, 6.45) is 2.33. The molecule has 0 amide bonds. The van der Waals surface area contributed by atoms with Crippen LogP contribution in [0.25, 0.3) is 11.1 Å². The first-order valence-electron chi connectivity index (χ1n) is 8.61. The van der Waals surface area contributed by atoms with Gasteiger partial charge in [-0.3, -0.25) is 10.4 Å². The van der Waals surface area contributed by atoms with E-state index in [1.54, 1.807) is 0 Å². The third-order valence-corrected chi connectivity index (χ3v) is 4.04. The molecule has 0 aliphatic carbocycles. The van der Waals surface area contributed by atoms with Gasteiger partial charge < -0.3 is 0 Å². The van der Waals surface area contributed by atoms with E-state index >= 15 is 0 Å². The lowest BCUT2D eigenvalue weighted by atomic mass is 10.1. The molecule has 3 aromatic carbocycles. The Kier molecular flexibility index (Phi) is 5.52. The number of hydrogen-bond acceptors (Lipinski definition) is 2. The monoisotopic (exact) mass is 316 g/mol. The van der Waals surface area contributed by atoms with E-state index in [-0.39, 0.29) is 0 Å². The SMILES string of the molecule is CCCCN(Nc1cccc(-c2ccccc2)c1)c1ccccc1. The van der Waals surface area contributed by atoms with Gasteiger partial charge in [-0.1, -0.05) is 74.0 Å². The third-order valence-electron chi connectivity index (χ3n) is 4.04. The van der Waals surface area contributed by atoms with E-state index in [9.17, 15) is 0 Å². The normalized spacial score (nSPS) is 10.4. The highest BCUT2D eigenvalue weighted by Gasteiger charge is 2.06. The maximum absolute atomic E-state index is 3.57. The van der Waals surface area contributed by atoms with Crippen LogP contribution >= 0.6 is 0 Å². The number of para-hydroxylation sites is 1. The third kappa shape index (κ3) is 4.17. The second-order valence-corrected chi connectivity index (χ2v) is 5.90. The first kappa shape index (κ1) is 16.1. The molecule has 2 heteroatoms. The first-order chi connectivity index (χ1) is 11.9. The van der Waals surface area contributed by atoms with E-state index in [4.69, 9.17) is 0 Å². The van der Waals surface area contributed by atoms with Crippen molar-refractivity contribution in [1.29, 1.82) is 0 Å². The molecule has 2 nitrogen and oxygen atoms in total. The number of benzene rings is 3. The highest BCUT2D eigenvalue weighted by molar-refractivity contribution is 5.69. The van der Waals surface area contributed by atoms with Crippen molar-refractivity contribution in [3.05, 3.63) is 84.9 Å². The van der Waals surface area contributed by atoms with E-state index < -0.39 is 0 Å². The molecule has 0 fully saturated rings. The standard InChI is InChI=1S/C22H24N2/c1-2-3-17-24(22-15-8-5-9-16-22)23-21-14-10-13-20(18-21)19-11-6-4-7-12-19/h4-16,18,23H,2-3,17H2,1H3. The summed E-state index contributed by atoms with van der Waals surface area (Å²) in [6.45, 7) is 3.20. The fourth-order valence-corrected chi connectivity index (χ4v) is 2.73. The zero-order valence-corrected chi connectivity index (χ0v) is 14.2. The summed E-state index contributed by atoms with van der Waals surface area (Å²) in [5.41, 5.74) is 8.34. The predicted molar refractivity (Wildman–Crippen MR) is 104 cm³/mol. The van der Waals surface area contributed by atoms with Crippen LogP contribution in [0.4, 0.5) is 11.4 Å². The van der Waals surface area contributed by atoms with Crippen LogP contribution in [0.15, 0.2) is 84.9 Å². The maximum Gasteiger partial charge on any atom is 0.0571 e. The van der Waals surface area contributed by atoms with Gasteiger partial charge in [-0.05, 0) is 41.8 Å². The van der Waals surface area contributed by atoms with Crippen molar-refractivity contribution in [2.75, 3.05) is 17.0 Å². The number of rotatable bonds is 7. The number of nitrogens with zero attached hydrogens (tertiary/aromatic N) is 1. The van der Waals surface area contributed by atoms with E-state index in [2.05, 4.69) is 96.2 Å². The average Bonchev–Trinajstić information content (AvgIpc) is 2.67. The Morgan fingerprint density at radius 2 is 1.42 bits per heavy atom. The van der Waals surface area contributed by atoms with Crippen LogP contribution in [0.2, 0.25) is 0 Å². The average molecular weight is 316 g/mol. The van der Waals surface area contributed by atoms with Crippen LogP contribution in [0, 0.1) is 0 Å². The van der Waals surface area contributed by atoms with Crippen molar-refractivity contribution in [3.8, 4) is 11.1 Å². The zero-order valence-electron chi connectivity index (χ0n) is 14.2. The minimum Gasteiger partial charge on any atom is -0.298 e. The molecule has 24 heavy (non-hydrogen) atoms. The molecule has 0 spiro atoms. The Hall–Kier alpha value is -2.74. The van der Waals surface area contributed by atoms with Crippen LogP contribution in [-0.4, -0.2) is 6.54 Å². The smallest absolute Gasteiger partial charge is 0.0571 e. The zero-order chi connectivity index (χ0) is 16.6. The van der Waals surface area contributed by atoms with Crippen LogP contribution in [-0.2, 0) is 0 Å². The van der Waals surface area contributed by atoms with Gasteiger partial charge >= 0.3 is 0 Å². The molecular weight excluding hydrogens is 292 g/mol. The van der Waals surface area contributed by atoms with Crippen LogP contribution in [0.5, 0.6) is 0 Å². The summed E-state index contributed by atoms with van der Waals surface area (Å²) in [6, 6.07) is 29.6. The molecule has 0 saturated heterocycles. The number of anilines is 2. The molecule has 1 N–H and O–H groups in total. The molecule has 0 bridgehead atoms. The lowest BCUT2D eigenvalue weighted by Crippen LogP contribution is -2.30. The van der Waals surface area contributed by atoms with Crippen molar-refractivity contribution in [3.63, 3.8) is 0 Å². The summed E-state index contributed by atoms with van der Waals surface area (Å²) in [5.74, 6) is 0. The second kappa shape index (κ2) is 8.21. The topological polar surface area (TPSA) is 15.3 Å². The van der Waals surface area contributed by atoms with Crippen LogP contribution < -0.4 is 10.4 Å². The van der Waals surface area contributed by atoms with Crippen LogP contribution in [0.1, 0.15) is 19.8 Å². The van der Waals surface area contributed by atoms with Gasteiger partial charge in [0.15, 0.2) is 0 Å². The molecule has 0 radical (unpaired) electrons. The highest BCUT2D eigenvalue weighted by atomic mass is 15.5. The molecule has 0 aliphatic heterocycles. The van der Waals surface area contributed by atoms with E-state index in [0.29, 0.717) is 0 Å². The Bertz CT molecular complexity index is 738. The van der Waals surface area contributed by atoms with E-state index in [1.165, 1.54) is 23.2 Å². The Morgan fingerprint density at radius 3 is 2.12 bits per heavy atom. The van der Waals surface area contributed by atoms with Gasteiger partial charge in [0.2, 0.25) is 0 Å². The van der Waals surface area contributed by atoms with Gasteiger partial charge in [-0.2, -0.15) is 0 Å². The van der Waals surface area contributed by atoms with E-state index in [1.807, 2.05) is 6.07 Å². The van der Waals surface area contributed by atoms with Crippen molar-refractivity contribution < 1.29 is 0 Å². The molecule has 0 atom stereocenters. The number of nitrogens with one attached hydrogen (secondary N) is 1. The predicted octanol–water partition coefficient (Wildman–Crippen LogP) is 5.99. The summed E-state index contributed by atoms with van der Waals surface area (Å²) in [7, 11) is 0. The fourth-order valence-electron chi connectivity index (χ4n) is 2.73. The molecule has 0 aromatic heterocycles. The van der Waals surface area contributed by atoms with Gasteiger partial charge in [-0.15, -0.1) is 0 Å². The first-order valence-corrected chi connectivity index (χ1v) is 8.61. The van der Waals surface area contributed by atoms with E-state index in [0.717, 1.165) is 18.7 Å². The molecular formula is C22H24N2. The molecule has 0 unspecified atom stereocenters. The van der Waals surface area contributed by atoms with Gasteiger partial charge in [0.25, 0.3) is 0 Å². The molecule has 0 saturated carbocycles. The molecule has 122 valence electrons. The number of unbranched alkanes of at least 4 members (excludes halogenated alkanes) is 1. The lowest BCUT2D eigenvalue weighted by molar-refractivity contribution is 0.761. The summed E-state index contributed by atoms with van der Waals surface area (Å²) in [5, 5.41) is 2.23. The number of hydrazine groups is 1. The fraction of sp³-hybridized carbons (Fsp3) is 0.182. The summed E-state index contributed by atoms with van der Waals surface area (Å²) < 4.78 is 0. The summed E-state index contributed by atoms with van der Waals surface area (Å²) in [4.78, 5) is 0. The van der Waals surface area contributed by atoms with Gasteiger partial charge in [0, 0.05) is 6.54 Å². The minimum atomic E-state index is 0.982. The Balaban J connectivity index is 1.82. The van der Waals surface area contributed by atoms with Crippen molar-refractivity contribution in [1.82, 2.24) is 0 Å². The summed E-state index contributed by atoms with van der Waals surface area (Å²) >= 11 is 0. The number of hydrogen-bond donors (Lipinski definition) is 1. The van der Waals surface area contributed by atoms with Gasteiger partial charge in [0.1, 0.15) is 0 Å². The maximum atomic E-state index is 3.57. The van der Waals surface area contributed by atoms with Crippen molar-refractivity contribution >= 4 is 11.4 Å².